The zero-order valence-corrected chi connectivity index (χ0v) is 17.1. The lowest BCUT2D eigenvalue weighted by Crippen LogP contribution is -2.21. The van der Waals surface area contributed by atoms with Crippen LogP contribution in [0, 0.1) is 5.82 Å². The fourth-order valence-corrected chi connectivity index (χ4v) is 4.83. The summed E-state index contributed by atoms with van der Waals surface area (Å²) < 4.78 is 46.7. The number of aliphatic hydroxyl groups is 1. The first-order valence-corrected chi connectivity index (χ1v) is 11.1. The highest BCUT2D eigenvalue weighted by molar-refractivity contribution is 7.91. The Morgan fingerprint density at radius 3 is 2.47 bits per heavy atom. The van der Waals surface area contributed by atoms with Crippen LogP contribution >= 0.6 is 0 Å². The van der Waals surface area contributed by atoms with E-state index in [1.165, 1.54) is 12.1 Å². The second-order valence-corrected chi connectivity index (χ2v) is 9.42. The molecule has 1 fully saturated rings. The lowest BCUT2D eigenvalue weighted by Gasteiger charge is -2.19. The van der Waals surface area contributed by atoms with E-state index in [2.05, 4.69) is 4.74 Å². The summed E-state index contributed by atoms with van der Waals surface area (Å²) in [6, 6.07) is 7.43. The predicted octanol–water partition coefficient (Wildman–Crippen LogP) is 3.10. The smallest absolute Gasteiger partial charge is 0.373 e. The molecule has 3 rings (SSSR count). The van der Waals surface area contributed by atoms with Crippen LogP contribution in [0.15, 0.2) is 46.6 Å². The standard InChI is InChI=1S/C21H21FO7S/c1-28-21(25)18(24)12-17(23)20-15(10-13-2-4-16(22)5-3-13)11-19(29-20)14-6-8-30(26,27)9-7-14/h2-5,11-12,14,24H,6-10H2,1H3/b18-12-. The number of rotatable bonds is 6. The van der Waals surface area contributed by atoms with E-state index in [-0.39, 0.29) is 29.6 Å². The van der Waals surface area contributed by atoms with Gasteiger partial charge in [0.15, 0.2) is 5.76 Å². The van der Waals surface area contributed by atoms with Gasteiger partial charge in [-0.25, -0.2) is 17.6 Å². The van der Waals surface area contributed by atoms with Gasteiger partial charge in [-0.05, 0) is 36.6 Å². The molecule has 1 aromatic heterocycles. The molecule has 0 unspecified atom stereocenters. The molecule has 1 aromatic carbocycles. The van der Waals surface area contributed by atoms with Crippen molar-refractivity contribution < 1.29 is 36.7 Å². The Morgan fingerprint density at radius 2 is 1.87 bits per heavy atom. The number of aliphatic hydroxyl groups excluding tert-OH is 1. The summed E-state index contributed by atoms with van der Waals surface area (Å²) in [5.74, 6) is -2.74. The third-order valence-electron chi connectivity index (χ3n) is 4.98. The van der Waals surface area contributed by atoms with E-state index in [4.69, 9.17) is 4.42 Å². The van der Waals surface area contributed by atoms with E-state index in [1.807, 2.05) is 0 Å². The van der Waals surface area contributed by atoms with Crippen molar-refractivity contribution in [3.63, 3.8) is 0 Å². The largest absolute Gasteiger partial charge is 0.502 e. The van der Waals surface area contributed by atoms with Crippen LogP contribution in [0.4, 0.5) is 4.39 Å². The minimum absolute atomic E-state index is 0.0397. The van der Waals surface area contributed by atoms with Gasteiger partial charge in [0, 0.05) is 24.0 Å². The summed E-state index contributed by atoms with van der Waals surface area (Å²) in [4.78, 5) is 24.0. The molecule has 2 aromatic rings. The van der Waals surface area contributed by atoms with E-state index in [9.17, 15) is 27.5 Å². The van der Waals surface area contributed by atoms with Gasteiger partial charge < -0.3 is 14.3 Å². The van der Waals surface area contributed by atoms with Crippen LogP contribution < -0.4 is 0 Å². The molecule has 9 heteroatoms. The lowest BCUT2D eigenvalue weighted by atomic mass is 9.98. The van der Waals surface area contributed by atoms with Gasteiger partial charge in [-0.1, -0.05) is 12.1 Å². The molecular weight excluding hydrogens is 415 g/mol. The number of hydrogen-bond acceptors (Lipinski definition) is 7. The Bertz CT molecular complexity index is 1070. The topological polar surface area (TPSA) is 111 Å². The van der Waals surface area contributed by atoms with E-state index in [0.29, 0.717) is 30.2 Å². The van der Waals surface area contributed by atoms with Gasteiger partial charge in [0.25, 0.3) is 0 Å². The lowest BCUT2D eigenvalue weighted by molar-refractivity contribution is -0.139. The van der Waals surface area contributed by atoms with Crippen LogP contribution in [-0.4, -0.2) is 43.9 Å². The minimum atomic E-state index is -3.06. The maximum atomic E-state index is 13.2. The maximum Gasteiger partial charge on any atom is 0.373 e. The number of sulfone groups is 1. The van der Waals surface area contributed by atoms with Crippen molar-refractivity contribution in [3.05, 3.63) is 70.6 Å². The van der Waals surface area contributed by atoms with Crippen molar-refractivity contribution in [1.29, 1.82) is 0 Å². The summed E-state index contributed by atoms with van der Waals surface area (Å²) in [6.07, 6.45) is 1.72. The first-order valence-electron chi connectivity index (χ1n) is 9.29. The molecule has 2 heterocycles. The molecule has 30 heavy (non-hydrogen) atoms. The Morgan fingerprint density at radius 1 is 1.23 bits per heavy atom. The predicted molar refractivity (Wildman–Crippen MR) is 106 cm³/mol. The SMILES string of the molecule is COC(=O)/C(O)=C/C(=O)c1oc(C2CCS(=O)(=O)CC2)cc1Cc1ccc(F)cc1. The highest BCUT2D eigenvalue weighted by Gasteiger charge is 2.29. The number of methoxy groups -OCH3 is 1. The van der Waals surface area contributed by atoms with Crippen molar-refractivity contribution in [2.24, 2.45) is 0 Å². The fraction of sp³-hybridized carbons (Fsp3) is 0.333. The maximum absolute atomic E-state index is 13.2. The first kappa shape index (κ1) is 21.8. The molecule has 0 bridgehead atoms. The molecule has 1 aliphatic heterocycles. The van der Waals surface area contributed by atoms with E-state index in [0.717, 1.165) is 12.7 Å². The number of carbonyl (C=O) groups is 2. The second kappa shape index (κ2) is 8.83. The van der Waals surface area contributed by atoms with Crippen LogP contribution in [0.1, 0.15) is 46.2 Å². The molecule has 1 aliphatic rings. The molecule has 0 amide bonds. The van der Waals surface area contributed by atoms with Crippen molar-refractivity contribution >= 4 is 21.6 Å². The molecule has 1 N–H and O–H groups in total. The van der Waals surface area contributed by atoms with Gasteiger partial charge in [-0.15, -0.1) is 0 Å². The zero-order chi connectivity index (χ0) is 21.9. The van der Waals surface area contributed by atoms with Crippen molar-refractivity contribution in [2.75, 3.05) is 18.6 Å². The van der Waals surface area contributed by atoms with Crippen molar-refractivity contribution in [2.45, 2.75) is 25.2 Å². The average Bonchev–Trinajstić information content (AvgIpc) is 3.12. The van der Waals surface area contributed by atoms with Crippen LogP contribution in [0.3, 0.4) is 0 Å². The number of allylic oxidation sites excluding steroid dienone is 1. The molecule has 0 aliphatic carbocycles. The van der Waals surface area contributed by atoms with Crippen LogP contribution in [0.2, 0.25) is 0 Å². The van der Waals surface area contributed by atoms with Gasteiger partial charge in [-0.2, -0.15) is 0 Å². The molecule has 0 saturated carbocycles. The Labute approximate surface area is 173 Å². The summed E-state index contributed by atoms with van der Waals surface area (Å²) in [7, 11) is -1.99. The number of esters is 1. The summed E-state index contributed by atoms with van der Waals surface area (Å²) in [5.41, 5.74) is 1.22. The summed E-state index contributed by atoms with van der Waals surface area (Å²) in [6.45, 7) is 0. The van der Waals surface area contributed by atoms with E-state index >= 15 is 0 Å². The number of benzene rings is 1. The van der Waals surface area contributed by atoms with Gasteiger partial charge in [0.1, 0.15) is 21.4 Å². The quantitative estimate of drug-likeness (QED) is 0.321. The zero-order valence-electron chi connectivity index (χ0n) is 16.3. The molecule has 1 saturated heterocycles. The third-order valence-corrected chi connectivity index (χ3v) is 6.69. The Balaban J connectivity index is 1.93. The summed E-state index contributed by atoms with van der Waals surface area (Å²) in [5, 5.41) is 9.69. The number of ketones is 1. The first-order chi connectivity index (χ1) is 14.2. The minimum Gasteiger partial charge on any atom is -0.502 e. The monoisotopic (exact) mass is 436 g/mol. The third kappa shape index (κ3) is 5.15. The van der Waals surface area contributed by atoms with Crippen molar-refractivity contribution in [3.8, 4) is 0 Å². The van der Waals surface area contributed by atoms with Gasteiger partial charge in [0.05, 0.1) is 18.6 Å². The molecule has 0 atom stereocenters. The average molecular weight is 436 g/mol. The van der Waals surface area contributed by atoms with Crippen LogP contribution in [0.25, 0.3) is 0 Å². The molecule has 7 nitrogen and oxygen atoms in total. The normalized spacial score (nSPS) is 16.9. The highest BCUT2D eigenvalue weighted by atomic mass is 32.2. The number of furan rings is 1. The van der Waals surface area contributed by atoms with Gasteiger partial charge in [-0.3, -0.25) is 4.79 Å². The fourth-order valence-electron chi connectivity index (χ4n) is 3.34. The Kier molecular flexibility index (Phi) is 6.40. The van der Waals surface area contributed by atoms with E-state index in [1.54, 1.807) is 18.2 Å². The second-order valence-electron chi connectivity index (χ2n) is 7.12. The molecular formula is C21H21FO7S. The van der Waals surface area contributed by atoms with Crippen LogP contribution in [-0.2, 0) is 25.8 Å². The number of carbonyl (C=O) groups excluding carboxylic acids is 2. The number of ether oxygens (including phenoxy) is 1. The Hall–Kier alpha value is -2.94. The highest BCUT2D eigenvalue weighted by Crippen LogP contribution is 2.33. The molecule has 0 spiro atoms. The number of hydrogen-bond donors (Lipinski definition) is 1. The van der Waals surface area contributed by atoms with Crippen LogP contribution in [0.5, 0.6) is 0 Å². The molecule has 160 valence electrons. The van der Waals surface area contributed by atoms with E-state index < -0.39 is 33.2 Å². The van der Waals surface area contributed by atoms with Gasteiger partial charge in [0.2, 0.25) is 11.5 Å². The summed E-state index contributed by atoms with van der Waals surface area (Å²) >= 11 is 0. The number of halogens is 1. The van der Waals surface area contributed by atoms with Crippen molar-refractivity contribution in [1.82, 2.24) is 0 Å². The molecule has 0 radical (unpaired) electrons. The van der Waals surface area contributed by atoms with Gasteiger partial charge >= 0.3 is 5.97 Å².